The van der Waals surface area contributed by atoms with Crippen LogP contribution in [-0.4, -0.2) is 17.2 Å². The van der Waals surface area contributed by atoms with Crippen molar-refractivity contribution < 1.29 is 9.50 Å². The molecule has 0 aromatic heterocycles. The van der Waals surface area contributed by atoms with Gasteiger partial charge in [0.2, 0.25) is 0 Å². The van der Waals surface area contributed by atoms with Crippen molar-refractivity contribution in [2.75, 3.05) is 0 Å². The van der Waals surface area contributed by atoms with Gasteiger partial charge in [-0.3, -0.25) is 0 Å². The summed E-state index contributed by atoms with van der Waals surface area (Å²) in [4.78, 5) is 0. The molecule has 1 aromatic rings. The van der Waals surface area contributed by atoms with Crippen LogP contribution in [0.25, 0.3) is 0 Å². The molecule has 3 atom stereocenters. The highest BCUT2D eigenvalue weighted by Crippen LogP contribution is 2.26. The summed E-state index contributed by atoms with van der Waals surface area (Å²) in [7, 11) is 0. The third-order valence-electron chi connectivity index (χ3n) is 3.73. The maximum Gasteiger partial charge on any atom is 0.123 e. The number of benzene rings is 1. The van der Waals surface area contributed by atoms with E-state index >= 15 is 0 Å². The Morgan fingerprint density at radius 1 is 1.42 bits per heavy atom. The molecule has 108 valence electrons. The molecule has 1 aromatic carbocycles. The molecule has 2 N–H and O–H groups in total. The summed E-state index contributed by atoms with van der Waals surface area (Å²) >= 11 is 0. The van der Waals surface area contributed by atoms with Crippen molar-refractivity contribution in [2.45, 2.75) is 57.2 Å². The van der Waals surface area contributed by atoms with E-state index in [0.29, 0.717) is 11.6 Å². The molecule has 4 heteroatoms. The Balaban J connectivity index is 0.00000180. The first-order chi connectivity index (χ1) is 8.70. The summed E-state index contributed by atoms with van der Waals surface area (Å²) in [6, 6.07) is 6.83. The van der Waals surface area contributed by atoms with Crippen LogP contribution in [-0.2, 0) is 0 Å². The van der Waals surface area contributed by atoms with E-state index in [1.165, 1.54) is 18.6 Å². The minimum Gasteiger partial charge on any atom is -0.387 e. The molecule has 0 spiro atoms. The van der Waals surface area contributed by atoms with E-state index in [0.717, 1.165) is 25.7 Å². The zero-order valence-electron chi connectivity index (χ0n) is 11.3. The first kappa shape index (κ1) is 16.4. The Morgan fingerprint density at radius 3 is 2.89 bits per heavy atom. The number of piperidine rings is 1. The normalized spacial score (nSPS) is 24.6. The number of hydrogen-bond donors (Lipinski definition) is 2. The highest BCUT2D eigenvalue weighted by atomic mass is 35.5. The van der Waals surface area contributed by atoms with E-state index in [1.807, 2.05) is 0 Å². The number of rotatable bonds is 4. The lowest BCUT2D eigenvalue weighted by molar-refractivity contribution is 0.0995. The molecule has 2 nitrogen and oxygen atoms in total. The first-order valence-corrected chi connectivity index (χ1v) is 6.90. The number of aliphatic hydroxyl groups excluding tert-OH is 1. The van der Waals surface area contributed by atoms with Crippen LogP contribution in [0.1, 0.15) is 50.7 Å². The quantitative estimate of drug-likeness (QED) is 0.887. The first-order valence-electron chi connectivity index (χ1n) is 6.90. The fourth-order valence-corrected chi connectivity index (χ4v) is 2.80. The van der Waals surface area contributed by atoms with Gasteiger partial charge in [-0.15, -0.1) is 12.4 Å². The molecule has 2 rings (SSSR count). The highest BCUT2D eigenvalue weighted by Gasteiger charge is 2.27. The molecule has 0 aliphatic carbocycles. The molecule has 1 unspecified atom stereocenters. The van der Waals surface area contributed by atoms with Gasteiger partial charge in [-0.2, -0.15) is 0 Å². The monoisotopic (exact) mass is 287 g/mol. The summed E-state index contributed by atoms with van der Waals surface area (Å²) < 4.78 is 13.2. The second-order valence-corrected chi connectivity index (χ2v) is 5.19. The van der Waals surface area contributed by atoms with Gasteiger partial charge in [0.1, 0.15) is 5.82 Å². The molecule has 0 amide bonds. The topological polar surface area (TPSA) is 32.3 Å². The largest absolute Gasteiger partial charge is 0.387 e. The van der Waals surface area contributed by atoms with Crippen LogP contribution in [0, 0.1) is 5.82 Å². The van der Waals surface area contributed by atoms with Crippen molar-refractivity contribution in [1.29, 1.82) is 0 Å². The van der Waals surface area contributed by atoms with Gasteiger partial charge in [-0.1, -0.05) is 31.9 Å². The summed E-state index contributed by atoms with van der Waals surface area (Å²) in [5, 5.41) is 13.8. The predicted octanol–water partition coefficient (Wildman–Crippen LogP) is 3.59. The van der Waals surface area contributed by atoms with Gasteiger partial charge in [-0.25, -0.2) is 4.39 Å². The summed E-state index contributed by atoms with van der Waals surface area (Å²) in [5.41, 5.74) is 0.671. The molecule has 1 aliphatic rings. The fraction of sp³-hybridized carbons (Fsp3) is 0.600. The average Bonchev–Trinajstić information content (AvgIpc) is 2.39. The molecule has 19 heavy (non-hydrogen) atoms. The number of nitrogens with one attached hydrogen (secondary N) is 1. The second-order valence-electron chi connectivity index (χ2n) is 5.19. The van der Waals surface area contributed by atoms with Crippen molar-refractivity contribution in [1.82, 2.24) is 5.32 Å². The zero-order valence-corrected chi connectivity index (χ0v) is 12.1. The number of halogens is 2. The second kappa shape index (κ2) is 7.83. The van der Waals surface area contributed by atoms with Crippen molar-refractivity contribution in [2.24, 2.45) is 0 Å². The molecule has 1 aliphatic heterocycles. The van der Waals surface area contributed by atoms with Crippen LogP contribution in [0.2, 0.25) is 0 Å². The molecule has 1 heterocycles. The van der Waals surface area contributed by atoms with E-state index in [-0.39, 0.29) is 24.3 Å². The third kappa shape index (κ3) is 4.44. The van der Waals surface area contributed by atoms with Crippen LogP contribution in [0.4, 0.5) is 4.39 Å². The average molecular weight is 288 g/mol. The molecule has 1 fully saturated rings. The van der Waals surface area contributed by atoms with Crippen molar-refractivity contribution in [3.63, 3.8) is 0 Å². The third-order valence-corrected chi connectivity index (χ3v) is 3.73. The van der Waals surface area contributed by atoms with Gasteiger partial charge in [0, 0.05) is 12.1 Å². The van der Waals surface area contributed by atoms with Gasteiger partial charge in [0.15, 0.2) is 0 Å². The van der Waals surface area contributed by atoms with Gasteiger partial charge in [-0.05, 0) is 37.0 Å². The lowest BCUT2D eigenvalue weighted by Gasteiger charge is -2.34. The van der Waals surface area contributed by atoms with Crippen LogP contribution in [0.15, 0.2) is 24.3 Å². The smallest absolute Gasteiger partial charge is 0.123 e. The fourth-order valence-electron chi connectivity index (χ4n) is 2.80. The lowest BCUT2D eigenvalue weighted by Crippen LogP contribution is -2.45. The van der Waals surface area contributed by atoms with Gasteiger partial charge >= 0.3 is 0 Å². The Hall–Kier alpha value is -0.640. The minimum absolute atomic E-state index is 0. The van der Waals surface area contributed by atoms with Gasteiger partial charge in [0.05, 0.1) is 6.10 Å². The van der Waals surface area contributed by atoms with Crippen LogP contribution in [0.3, 0.4) is 0 Å². The van der Waals surface area contributed by atoms with E-state index in [1.54, 1.807) is 12.1 Å². The van der Waals surface area contributed by atoms with Crippen LogP contribution >= 0.6 is 12.4 Å². The maximum atomic E-state index is 13.2. The highest BCUT2D eigenvalue weighted by molar-refractivity contribution is 5.85. The molecular weight excluding hydrogens is 265 g/mol. The zero-order chi connectivity index (χ0) is 13.0. The number of hydrogen-bond acceptors (Lipinski definition) is 2. The molecule has 0 bridgehead atoms. The molecular formula is C15H23ClFNO. The standard InChI is InChI=1S/C15H22FNO.ClH/c1-2-5-13-8-4-9-14(17-13)15(18)11-6-3-7-12(16)10-11;/h3,6-7,10,13-15,17-18H,2,4-5,8-9H2,1H3;1H/t13-,14+,15?;/m1./s1. The Morgan fingerprint density at radius 2 is 2.21 bits per heavy atom. The van der Waals surface area contributed by atoms with Gasteiger partial charge in [0.25, 0.3) is 0 Å². The van der Waals surface area contributed by atoms with E-state index in [2.05, 4.69) is 12.2 Å². The van der Waals surface area contributed by atoms with E-state index in [9.17, 15) is 9.50 Å². The van der Waals surface area contributed by atoms with Crippen molar-refractivity contribution >= 4 is 12.4 Å². The summed E-state index contributed by atoms with van der Waals surface area (Å²) in [5.74, 6) is -0.285. The summed E-state index contributed by atoms with van der Waals surface area (Å²) in [6.07, 6.45) is 4.96. The summed E-state index contributed by atoms with van der Waals surface area (Å²) in [6.45, 7) is 2.17. The maximum absolute atomic E-state index is 13.2. The lowest BCUT2D eigenvalue weighted by atomic mass is 9.90. The Bertz CT molecular complexity index is 386. The van der Waals surface area contributed by atoms with Crippen LogP contribution in [0.5, 0.6) is 0 Å². The van der Waals surface area contributed by atoms with E-state index in [4.69, 9.17) is 0 Å². The van der Waals surface area contributed by atoms with E-state index < -0.39 is 6.10 Å². The van der Waals surface area contributed by atoms with Crippen molar-refractivity contribution in [3.05, 3.63) is 35.6 Å². The van der Waals surface area contributed by atoms with Crippen molar-refractivity contribution in [3.8, 4) is 0 Å². The Labute approximate surface area is 120 Å². The van der Waals surface area contributed by atoms with Crippen LogP contribution < -0.4 is 5.32 Å². The molecule has 0 radical (unpaired) electrons. The number of aliphatic hydroxyl groups is 1. The molecule has 1 saturated heterocycles. The van der Waals surface area contributed by atoms with Gasteiger partial charge < -0.3 is 10.4 Å². The molecule has 0 saturated carbocycles. The Kier molecular flexibility index (Phi) is 6.76. The SMILES string of the molecule is CCC[C@@H]1CCC[C@@H](C(O)c2cccc(F)c2)N1.Cl. The minimum atomic E-state index is -0.611. The predicted molar refractivity (Wildman–Crippen MR) is 78.1 cm³/mol.